The van der Waals surface area contributed by atoms with Gasteiger partial charge in [0.15, 0.2) is 6.17 Å². The minimum Gasteiger partial charge on any atom is -0.467 e. The number of carbonyl (C=O) groups excluding carboxylic acids is 1. The first kappa shape index (κ1) is 25.3. The van der Waals surface area contributed by atoms with Crippen molar-refractivity contribution < 1.29 is 28.6 Å². The molecule has 1 N–H and O–H groups in total. The summed E-state index contributed by atoms with van der Waals surface area (Å²) in [6, 6.07) is 6.31. The lowest BCUT2D eigenvalue weighted by Crippen LogP contribution is -2.52. The van der Waals surface area contributed by atoms with Gasteiger partial charge in [0, 0.05) is 21.2 Å². The zero-order valence-electron chi connectivity index (χ0n) is 20.2. The van der Waals surface area contributed by atoms with Crippen LogP contribution in [0.4, 0.5) is 14.0 Å². The maximum atomic E-state index is 14.4. The number of hydrogen-bond acceptors (Lipinski definition) is 4. The third-order valence-corrected chi connectivity index (χ3v) is 8.12. The van der Waals surface area contributed by atoms with Crippen LogP contribution in [0.25, 0.3) is 0 Å². The fourth-order valence-corrected chi connectivity index (χ4v) is 5.21. The van der Waals surface area contributed by atoms with Crippen LogP contribution in [0.3, 0.4) is 0 Å². The molecule has 2 saturated heterocycles. The van der Waals surface area contributed by atoms with Gasteiger partial charge in [-0.2, -0.15) is 0 Å². The van der Waals surface area contributed by atoms with Crippen LogP contribution < -0.4 is 4.74 Å². The Morgan fingerprint density at radius 2 is 1.85 bits per heavy atom. The Hall–Kier alpha value is -2.29. The highest BCUT2D eigenvalue weighted by Crippen LogP contribution is 2.35. The molecule has 2 amide bonds. The summed E-state index contributed by atoms with van der Waals surface area (Å²) in [6.07, 6.45) is -0.363. The van der Waals surface area contributed by atoms with Gasteiger partial charge in [-0.1, -0.05) is 25.7 Å². The molecular formula is C24H37FN2O5Si. The predicted octanol–water partition coefficient (Wildman–Crippen LogP) is 5.81. The Labute approximate surface area is 196 Å². The van der Waals surface area contributed by atoms with Crippen molar-refractivity contribution in [3.8, 4) is 5.75 Å². The van der Waals surface area contributed by atoms with E-state index in [4.69, 9.17) is 9.47 Å². The lowest BCUT2D eigenvalue weighted by molar-refractivity contribution is -0.0457. The normalized spacial score (nSPS) is 23.8. The van der Waals surface area contributed by atoms with Gasteiger partial charge in [0.1, 0.15) is 5.75 Å². The molecule has 0 radical (unpaired) electrons. The Bertz CT molecular complexity index is 847. The van der Waals surface area contributed by atoms with Crippen LogP contribution in [0.2, 0.25) is 25.7 Å². The number of rotatable bonds is 6. The van der Waals surface area contributed by atoms with Gasteiger partial charge in [-0.25, -0.2) is 14.0 Å². The second-order valence-electron chi connectivity index (χ2n) is 10.3. The number of hydrogen-bond donors (Lipinski definition) is 1. The summed E-state index contributed by atoms with van der Waals surface area (Å²) in [7, 11) is -1.28. The van der Waals surface area contributed by atoms with E-state index in [1.165, 1.54) is 0 Å². The predicted molar refractivity (Wildman–Crippen MR) is 127 cm³/mol. The summed E-state index contributed by atoms with van der Waals surface area (Å²) < 4.78 is 25.9. The number of likely N-dealkylation sites (tertiary alicyclic amines) is 2. The van der Waals surface area contributed by atoms with Gasteiger partial charge in [0.2, 0.25) is 6.23 Å². The fourth-order valence-electron chi connectivity index (χ4n) is 4.50. The third kappa shape index (κ3) is 6.62. The van der Waals surface area contributed by atoms with E-state index >= 15 is 0 Å². The van der Waals surface area contributed by atoms with Crippen molar-refractivity contribution in [1.29, 1.82) is 0 Å². The van der Waals surface area contributed by atoms with Gasteiger partial charge >= 0.3 is 12.2 Å². The number of piperidine rings is 2. The van der Waals surface area contributed by atoms with Crippen LogP contribution >= 0.6 is 0 Å². The molecule has 0 spiro atoms. The third-order valence-electron chi connectivity index (χ3n) is 6.41. The van der Waals surface area contributed by atoms with E-state index in [0.29, 0.717) is 25.3 Å². The first-order valence-corrected chi connectivity index (χ1v) is 15.6. The molecule has 1 aromatic rings. The van der Waals surface area contributed by atoms with E-state index in [2.05, 4.69) is 19.6 Å². The molecule has 9 heteroatoms. The Morgan fingerprint density at radius 3 is 2.52 bits per heavy atom. The van der Waals surface area contributed by atoms with Gasteiger partial charge in [0.05, 0.1) is 12.6 Å². The molecule has 3 atom stereocenters. The van der Waals surface area contributed by atoms with Crippen molar-refractivity contribution in [2.75, 3.05) is 19.7 Å². The van der Waals surface area contributed by atoms with Crippen molar-refractivity contribution in [1.82, 2.24) is 9.80 Å². The Balaban J connectivity index is 1.71. The first-order chi connectivity index (χ1) is 15.6. The highest BCUT2D eigenvalue weighted by Gasteiger charge is 2.37. The highest BCUT2D eigenvalue weighted by molar-refractivity contribution is 6.76. The van der Waals surface area contributed by atoms with Crippen molar-refractivity contribution in [3.63, 3.8) is 0 Å². The van der Waals surface area contributed by atoms with Crippen LogP contribution in [-0.2, 0) is 4.74 Å². The number of carboxylic acid groups (broad SMARTS) is 1. The average molecular weight is 481 g/mol. The van der Waals surface area contributed by atoms with E-state index < -0.39 is 26.6 Å². The van der Waals surface area contributed by atoms with E-state index in [1.807, 2.05) is 17.9 Å². The van der Waals surface area contributed by atoms with Crippen LogP contribution in [0.1, 0.15) is 49.3 Å². The maximum Gasteiger partial charge on any atom is 0.410 e. The molecule has 0 bridgehead atoms. The summed E-state index contributed by atoms with van der Waals surface area (Å²) in [6.45, 7) is 10.1. The molecular weight excluding hydrogens is 443 g/mol. The number of benzene rings is 1. The number of amides is 2. The Morgan fingerprint density at radius 1 is 1.12 bits per heavy atom. The van der Waals surface area contributed by atoms with Crippen molar-refractivity contribution in [3.05, 3.63) is 29.3 Å². The van der Waals surface area contributed by atoms with Gasteiger partial charge in [-0.15, -0.1) is 0 Å². The molecule has 2 fully saturated rings. The van der Waals surface area contributed by atoms with Gasteiger partial charge in [0.25, 0.3) is 0 Å². The molecule has 0 saturated carbocycles. The molecule has 2 heterocycles. The molecule has 184 valence electrons. The minimum atomic E-state index is -1.37. The van der Waals surface area contributed by atoms with Gasteiger partial charge < -0.3 is 19.5 Å². The number of alkyl halides is 1. The second kappa shape index (κ2) is 10.8. The summed E-state index contributed by atoms with van der Waals surface area (Å²) in [4.78, 5) is 27.2. The van der Waals surface area contributed by atoms with Gasteiger partial charge in [-0.3, -0.25) is 4.90 Å². The van der Waals surface area contributed by atoms with E-state index in [1.54, 1.807) is 12.1 Å². The molecule has 3 unspecified atom stereocenters. The largest absolute Gasteiger partial charge is 0.467 e. The molecule has 0 aromatic heterocycles. The van der Waals surface area contributed by atoms with Crippen LogP contribution in [-0.4, -0.2) is 67.3 Å². The van der Waals surface area contributed by atoms with Crippen LogP contribution in [0, 0.1) is 6.92 Å². The molecule has 1 aromatic carbocycles. The topological polar surface area (TPSA) is 79.3 Å². The second-order valence-corrected chi connectivity index (χ2v) is 15.9. The molecule has 3 rings (SSSR count). The number of aryl methyl sites for hydroxylation is 1. The maximum absolute atomic E-state index is 14.4. The first-order valence-electron chi connectivity index (χ1n) is 11.9. The summed E-state index contributed by atoms with van der Waals surface area (Å²) in [5, 5.41) is 9.39. The zero-order valence-corrected chi connectivity index (χ0v) is 21.2. The lowest BCUT2D eigenvalue weighted by atomic mass is 9.92. The van der Waals surface area contributed by atoms with E-state index in [-0.39, 0.29) is 25.1 Å². The SMILES string of the molecule is Cc1cc(OC2C(F)CCCN2C(=O)O)ccc1C1CCCCN1C(=O)OCC[Si](C)(C)C. The van der Waals surface area contributed by atoms with Crippen molar-refractivity contribution in [2.24, 2.45) is 0 Å². The number of carbonyl (C=O) groups is 2. The number of halogens is 1. The lowest BCUT2D eigenvalue weighted by Gasteiger charge is -2.37. The average Bonchev–Trinajstić information content (AvgIpc) is 2.74. The highest BCUT2D eigenvalue weighted by atomic mass is 28.3. The number of ether oxygens (including phenoxy) is 2. The zero-order chi connectivity index (χ0) is 24.2. The van der Waals surface area contributed by atoms with Gasteiger partial charge in [-0.05, 0) is 68.3 Å². The summed E-state index contributed by atoms with van der Waals surface area (Å²) >= 11 is 0. The Kier molecular flexibility index (Phi) is 8.26. The molecule has 2 aliphatic heterocycles. The molecule has 2 aliphatic rings. The minimum absolute atomic E-state index is 0.0775. The van der Waals surface area contributed by atoms with E-state index in [9.17, 15) is 19.1 Å². The van der Waals surface area contributed by atoms with Crippen LogP contribution in [0.5, 0.6) is 5.75 Å². The van der Waals surface area contributed by atoms with Crippen molar-refractivity contribution >= 4 is 20.3 Å². The standard InChI is InChI=1S/C24H37FN2O5Si/c1-17-16-18(32-22-20(25)8-7-13-27(22)23(28)29)10-11-19(17)21-9-5-6-12-26(21)24(30)31-14-15-33(2,3)4/h10-11,16,20-22H,5-9,12-15H2,1-4H3,(H,28,29). The monoisotopic (exact) mass is 480 g/mol. The smallest absolute Gasteiger partial charge is 0.410 e. The molecule has 0 aliphatic carbocycles. The fraction of sp³-hybridized carbons (Fsp3) is 0.667. The number of nitrogens with zero attached hydrogens (tertiary/aromatic N) is 2. The quantitative estimate of drug-likeness (QED) is 0.520. The molecule has 33 heavy (non-hydrogen) atoms. The van der Waals surface area contributed by atoms with Crippen molar-refractivity contribution in [2.45, 2.75) is 83.2 Å². The summed E-state index contributed by atoms with van der Waals surface area (Å²) in [5.74, 6) is 0.428. The summed E-state index contributed by atoms with van der Waals surface area (Å²) in [5.41, 5.74) is 1.94. The molecule has 7 nitrogen and oxygen atoms in total. The van der Waals surface area contributed by atoms with E-state index in [0.717, 1.165) is 41.3 Å². The van der Waals surface area contributed by atoms with Crippen LogP contribution in [0.15, 0.2) is 18.2 Å².